The van der Waals surface area contributed by atoms with E-state index < -0.39 is 11.5 Å². The average molecular weight is 502 g/mol. The summed E-state index contributed by atoms with van der Waals surface area (Å²) in [6.45, 7) is 16.1. The monoisotopic (exact) mass is 501 g/mol. The van der Waals surface area contributed by atoms with Crippen LogP contribution in [0.15, 0.2) is 28.9 Å². The first kappa shape index (κ1) is 32.0. The summed E-state index contributed by atoms with van der Waals surface area (Å²) in [4.78, 5) is 29.2. The lowest BCUT2D eigenvalue weighted by atomic mass is 9.73. The Morgan fingerprint density at radius 1 is 1.19 bits per heavy atom. The Labute approximate surface area is 219 Å². The molecule has 1 N–H and O–H groups in total. The van der Waals surface area contributed by atoms with Crippen molar-refractivity contribution in [1.82, 2.24) is 4.98 Å². The fourth-order valence-corrected chi connectivity index (χ4v) is 4.61. The Morgan fingerprint density at radius 2 is 1.89 bits per heavy atom. The largest absolute Gasteiger partial charge is 0.448 e. The summed E-state index contributed by atoms with van der Waals surface area (Å²) < 4.78 is 5.27. The van der Waals surface area contributed by atoms with Crippen LogP contribution < -0.4 is 0 Å². The number of allylic oxidation sites excluding steroid dienone is 3. The second kappa shape index (κ2) is 16.0. The second-order valence-corrected chi connectivity index (χ2v) is 11.7. The van der Waals surface area contributed by atoms with Gasteiger partial charge in [0.25, 0.3) is 0 Å². The van der Waals surface area contributed by atoms with Crippen LogP contribution in [0.5, 0.6) is 0 Å². The number of aromatic nitrogens is 1. The second-order valence-electron chi connectivity index (χ2n) is 11.7. The Balaban J connectivity index is 0.000000450. The molecule has 3 unspecified atom stereocenters. The molecule has 1 aromatic rings. The number of carbonyl (C=O) groups is 2. The van der Waals surface area contributed by atoms with E-state index in [9.17, 15) is 14.7 Å². The minimum absolute atomic E-state index is 0.0525. The molecule has 1 aromatic heterocycles. The van der Waals surface area contributed by atoms with Gasteiger partial charge in [0, 0.05) is 30.6 Å². The van der Waals surface area contributed by atoms with E-state index in [2.05, 4.69) is 44.8 Å². The molecular weight excluding hydrogens is 450 g/mol. The van der Waals surface area contributed by atoms with Crippen LogP contribution in [0.3, 0.4) is 0 Å². The van der Waals surface area contributed by atoms with Gasteiger partial charge in [-0.1, -0.05) is 73.1 Å². The number of hydrogen-bond acceptors (Lipinski definition) is 5. The number of aliphatic hydroxyl groups excluding tert-OH is 1. The molecule has 0 fully saturated rings. The van der Waals surface area contributed by atoms with Crippen molar-refractivity contribution in [3.8, 4) is 0 Å². The van der Waals surface area contributed by atoms with E-state index in [0.29, 0.717) is 24.2 Å². The molecule has 0 amide bonds. The molecule has 0 spiro atoms. The highest BCUT2D eigenvalue weighted by Crippen LogP contribution is 2.31. The molecular formula is C31H51NO4. The molecule has 4 atom stereocenters. The molecule has 0 aromatic carbocycles. The van der Waals surface area contributed by atoms with Crippen molar-refractivity contribution in [2.24, 2.45) is 29.1 Å². The number of carbonyl (C=O) groups excluding carboxylic acids is 2. The highest BCUT2D eigenvalue weighted by molar-refractivity contribution is 5.88. The standard InChI is InChI=1S/C21H36O3.C10H15NO/c1-15-9-7-6-8-10-16(2)13-17(3)20(24)21(4,5)19(23)14-18(22)12-11-15;1-4-5-9-7-12-10(11-9)6-8(2)3/h7,9,15-17,19,23H,6,8,10-14H2,1-5H3;4-5,7-8H,6H2,1-3H3/b9-7-;5-4-/t15-,16?,17?,19?;/m0./s1. The van der Waals surface area contributed by atoms with Gasteiger partial charge in [-0.25, -0.2) is 4.98 Å². The lowest BCUT2D eigenvalue weighted by molar-refractivity contribution is -0.139. The quantitative estimate of drug-likeness (QED) is 0.431. The SMILES string of the molecule is C/C=C\c1coc(CC(C)C)n1.CC1CCC/C=C\[C@H](C)CCC(=O)CC(O)C(C)(C)C(=O)C(C)C1. The highest BCUT2D eigenvalue weighted by Gasteiger charge is 2.39. The van der Waals surface area contributed by atoms with E-state index in [1.165, 1.54) is 0 Å². The fraction of sp³-hybridized carbons (Fsp3) is 0.710. The minimum atomic E-state index is -0.894. The van der Waals surface area contributed by atoms with E-state index in [-0.39, 0.29) is 23.9 Å². The number of rotatable bonds is 3. The van der Waals surface area contributed by atoms with Crippen molar-refractivity contribution in [2.45, 2.75) is 113 Å². The number of hydrogen-bond donors (Lipinski definition) is 1. The molecule has 0 radical (unpaired) electrons. The van der Waals surface area contributed by atoms with Gasteiger partial charge < -0.3 is 9.52 Å². The maximum Gasteiger partial charge on any atom is 0.194 e. The van der Waals surface area contributed by atoms with Crippen LogP contribution in [0.2, 0.25) is 0 Å². The summed E-state index contributed by atoms with van der Waals surface area (Å²) in [6.07, 6.45) is 15.6. The van der Waals surface area contributed by atoms with Crippen molar-refractivity contribution in [3.63, 3.8) is 0 Å². The molecule has 1 aliphatic carbocycles. The van der Waals surface area contributed by atoms with E-state index in [4.69, 9.17) is 4.42 Å². The van der Waals surface area contributed by atoms with Gasteiger partial charge in [0.15, 0.2) is 5.89 Å². The van der Waals surface area contributed by atoms with Gasteiger partial charge >= 0.3 is 0 Å². The van der Waals surface area contributed by atoms with E-state index in [1.54, 1.807) is 20.1 Å². The first-order chi connectivity index (χ1) is 16.9. The third-order valence-electron chi connectivity index (χ3n) is 6.99. The summed E-state index contributed by atoms with van der Waals surface area (Å²) in [5.74, 6) is 2.36. The van der Waals surface area contributed by atoms with Crippen LogP contribution in [0, 0.1) is 29.1 Å². The number of oxazole rings is 1. The predicted molar refractivity (Wildman–Crippen MR) is 149 cm³/mol. The zero-order chi connectivity index (χ0) is 27.3. The van der Waals surface area contributed by atoms with Crippen LogP contribution in [-0.4, -0.2) is 27.8 Å². The van der Waals surface area contributed by atoms with Gasteiger partial charge in [-0.15, -0.1) is 0 Å². The van der Waals surface area contributed by atoms with E-state index in [1.807, 2.05) is 26.0 Å². The van der Waals surface area contributed by atoms with E-state index >= 15 is 0 Å². The normalized spacial score (nSPS) is 27.6. The summed E-state index contributed by atoms with van der Waals surface area (Å²) >= 11 is 0. The molecule has 5 nitrogen and oxygen atoms in total. The predicted octanol–water partition coefficient (Wildman–Crippen LogP) is 7.63. The number of aliphatic hydroxyl groups is 1. The molecule has 0 saturated heterocycles. The number of ketones is 2. The van der Waals surface area contributed by atoms with Gasteiger partial charge in [-0.2, -0.15) is 0 Å². The maximum absolute atomic E-state index is 12.8. The molecule has 0 bridgehead atoms. The zero-order valence-electron chi connectivity index (χ0n) is 24.0. The Kier molecular flexibility index (Phi) is 14.2. The molecule has 5 heteroatoms. The number of nitrogens with zero attached hydrogens (tertiary/aromatic N) is 1. The van der Waals surface area contributed by atoms with Gasteiger partial charge in [-0.3, -0.25) is 9.59 Å². The lowest BCUT2D eigenvalue weighted by Crippen LogP contribution is -2.41. The van der Waals surface area contributed by atoms with Crippen molar-refractivity contribution in [1.29, 1.82) is 0 Å². The van der Waals surface area contributed by atoms with Gasteiger partial charge in [0.1, 0.15) is 23.5 Å². The average Bonchev–Trinajstić information content (AvgIpc) is 3.23. The van der Waals surface area contributed by atoms with Gasteiger partial charge in [0.05, 0.1) is 6.10 Å². The van der Waals surface area contributed by atoms with Gasteiger partial charge in [-0.05, 0) is 56.4 Å². The van der Waals surface area contributed by atoms with Crippen LogP contribution in [0.4, 0.5) is 0 Å². The third kappa shape index (κ3) is 11.8. The molecule has 1 heterocycles. The summed E-state index contributed by atoms with van der Waals surface area (Å²) in [6, 6.07) is 0. The molecule has 0 aliphatic heterocycles. The van der Waals surface area contributed by atoms with Crippen LogP contribution in [0.1, 0.15) is 112 Å². The first-order valence-electron chi connectivity index (χ1n) is 13.8. The molecule has 36 heavy (non-hydrogen) atoms. The molecule has 2 rings (SSSR count). The first-order valence-corrected chi connectivity index (χ1v) is 13.8. The Morgan fingerprint density at radius 3 is 2.53 bits per heavy atom. The number of Topliss-reactive ketones (excluding diaryl/α,β-unsaturated/α-hetero) is 2. The molecule has 0 saturated carbocycles. The van der Waals surface area contributed by atoms with E-state index in [0.717, 1.165) is 50.1 Å². The smallest absolute Gasteiger partial charge is 0.194 e. The molecule has 1 aliphatic rings. The summed E-state index contributed by atoms with van der Waals surface area (Å²) in [5.41, 5.74) is 0.0466. The van der Waals surface area contributed by atoms with Crippen LogP contribution >= 0.6 is 0 Å². The van der Waals surface area contributed by atoms with Crippen LogP contribution in [0.25, 0.3) is 6.08 Å². The summed E-state index contributed by atoms with van der Waals surface area (Å²) in [5, 5.41) is 10.5. The minimum Gasteiger partial charge on any atom is -0.448 e. The zero-order valence-corrected chi connectivity index (χ0v) is 24.0. The van der Waals surface area contributed by atoms with Crippen molar-refractivity contribution in [3.05, 3.63) is 36.1 Å². The summed E-state index contributed by atoms with van der Waals surface area (Å²) in [7, 11) is 0. The third-order valence-corrected chi connectivity index (χ3v) is 6.99. The molecule has 204 valence electrons. The Hall–Kier alpha value is -2.01. The van der Waals surface area contributed by atoms with Crippen molar-refractivity contribution in [2.75, 3.05) is 0 Å². The Bertz CT molecular complexity index is 849. The van der Waals surface area contributed by atoms with Crippen LogP contribution in [-0.2, 0) is 16.0 Å². The lowest BCUT2D eigenvalue weighted by Gasteiger charge is -2.32. The fourth-order valence-electron chi connectivity index (χ4n) is 4.61. The highest BCUT2D eigenvalue weighted by atomic mass is 16.3. The van der Waals surface area contributed by atoms with Crippen molar-refractivity contribution >= 4 is 17.6 Å². The van der Waals surface area contributed by atoms with Gasteiger partial charge in [0.2, 0.25) is 0 Å². The maximum atomic E-state index is 12.8. The topological polar surface area (TPSA) is 80.4 Å². The van der Waals surface area contributed by atoms with Crippen molar-refractivity contribution < 1.29 is 19.1 Å².